The molecule has 1 atom stereocenters. The van der Waals surface area contributed by atoms with Gasteiger partial charge < -0.3 is 4.74 Å². The predicted molar refractivity (Wildman–Crippen MR) is 66.8 cm³/mol. The number of hydrogen-bond acceptors (Lipinski definition) is 4. The number of aryl methyl sites for hydroxylation is 1. The quantitative estimate of drug-likeness (QED) is 0.807. The smallest absolute Gasteiger partial charge is 0.0926 e. The summed E-state index contributed by atoms with van der Waals surface area (Å²) in [5, 5.41) is 3.44. The Hall–Kier alpha value is -0.450. The van der Waals surface area contributed by atoms with Gasteiger partial charge in [0.05, 0.1) is 23.9 Å². The van der Waals surface area contributed by atoms with E-state index in [1.165, 1.54) is 10.7 Å². The number of hydrogen-bond donors (Lipinski definition) is 0. The molecule has 2 heterocycles. The van der Waals surface area contributed by atoms with Gasteiger partial charge in [0.15, 0.2) is 0 Å². The number of thiazole rings is 1. The van der Waals surface area contributed by atoms with Crippen molar-refractivity contribution >= 4 is 11.3 Å². The third-order valence-corrected chi connectivity index (χ3v) is 4.13. The van der Waals surface area contributed by atoms with Crippen molar-refractivity contribution in [1.29, 1.82) is 0 Å². The number of nitrogens with zero attached hydrogens (tertiary/aromatic N) is 2. The van der Waals surface area contributed by atoms with Crippen molar-refractivity contribution in [3.63, 3.8) is 0 Å². The van der Waals surface area contributed by atoms with Crippen LogP contribution in [0.5, 0.6) is 0 Å². The molecule has 0 radical (unpaired) electrons. The Labute approximate surface area is 101 Å². The first kappa shape index (κ1) is 12.0. The molecule has 0 bridgehead atoms. The fourth-order valence-electron chi connectivity index (χ4n) is 2.07. The van der Waals surface area contributed by atoms with Crippen molar-refractivity contribution in [3.8, 4) is 0 Å². The van der Waals surface area contributed by atoms with Gasteiger partial charge in [-0.05, 0) is 12.8 Å². The zero-order valence-electron chi connectivity index (χ0n) is 10.1. The molecule has 90 valence electrons. The molecule has 1 aliphatic rings. The van der Waals surface area contributed by atoms with Crippen molar-refractivity contribution in [3.05, 3.63) is 16.1 Å². The van der Waals surface area contributed by atoms with Crippen LogP contribution in [0.4, 0.5) is 0 Å². The van der Waals surface area contributed by atoms with Crippen LogP contribution in [0, 0.1) is 0 Å². The minimum atomic E-state index is 0.570. The van der Waals surface area contributed by atoms with Crippen LogP contribution >= 0.6 is 11.3 Å². The SMILES string of the molecule is CCc1nc(CN2CCOC[C@@H]2CC)cs1. The van der Waals surface area contributed by atoms with Gasteiger partial charge in [-0.2, -0.15) is 0 Å². The molecule has 16 heavy (non-hydrogen) atoms. The summed E-state index contributed by atoms with van der Waals surface area (Å²) < 4.78 is 5.51. The molecule has 0 spiro atoms. The molecule has 0 aromatic carbocycles. The molecule has 2 rings (SSSR count). The first-order valence-electron chi connectivity index (χ1n) is 6.08. The fraction of sp³-hybridized carbons (Fsp3) is 0.750. The molecule has 0 amide bonds. The lowest BCUT2D eigenvalue weighted by Gasteiger charge is -2.34. The second-order valence-electron chi connectivity index (χ2n) is 4.19. The van der Waals surface area contributed by atoms with Gasteiger partial charge >= 0.3 is 0 Å². The van der Waals surface area contributed by atoms with Crippen molar-refractivity contribution < 1.29 is 4.74 Å². The van der Waals surface area contributed by atoms with E-state index in [0.717, 1.165) is 39.1 Å². The third-order valence-electron chi connectivity index (χ3n) is 3.09. The van der Waals surface area contributed by atoms with Crippen molar-refractivity contribution in [2.24, 2.45) is 0 Å². The van der Waals surface area contributed by atoms with E-state index in [1.54, 1.807) is 11.3 Å². The highest BCUT2D eigenvalue weighted by molar-refractivity contribution is 7.09. The zero-order valence-corrected chi connectivity index (χ0v) is 10.9. The topological polar surface area (TPSA) is 25.4 Å². The first-order valence-corrected chi connectivity index (χ1v) is 6.96. The molecule has 0 unspecified atom stereocenters. The summed E-state index contributed by atoms with van der Waals surface area (Å²) in [7, 11) is 0. The van der Waals surface area contributed by atoms with Gasteiger partial charge in [0.25, 0.3) is 0 Å². The Kier molecular flexibility index (Phi) is 4.32. The molecule has 0 saturated carbocycles. The lowest BCUT2D eigenvalue weighted by molar-refractivity contribution is -0.0132. The highest BCUT2D eigenvalue weighted by Gasteiger charge is 2.21. The number of morpholine rings is 1. The third kappa shape index (κ3) is 2.81. The molecule has 3 nitrogen and oxygen atoms in total. The largest absolute Gasteiger partial charge is 0.378 e. The van der Waals surface area contributed by atoms with Gasteiger partial charge in [-0.1, -0.05) is 13.8 Å². The fourth-order valence-corrected chi connectivity index (χ4v) is 2.80. The van der Waals surface area contributed by atoms with E-state index in [1.807, 2.05) is 0 Å². The number of aromatic nitrogens is 1. The van der Waals surface area contributed by atoms with Crippen LogP contribution in [0.15, 0.2) is 5.38 Å². The van der Waals surface area contributed by atoms with Gasteiger partial charge in [-0.15, -0.1) is 11.3 Å². The summed E-state index contributed by atoms with van der Waals surface area (Å²) in [6.07, 6.45) is 2.20. The van der Waals surface area contributed by atoms with Crippen LogP contribution in [0.3, 0.4) is 0 Å². The summed E-state index contributed by atoms with van der Waals surface area (Å²) in [4.78, 5) is 7.13. The first-order chi connectivity index (χ1) is 7.83. The summed E-state index contributed by atoms with van der Waals surface area (Å²) in [6.45, 7) is 8.15. The summed E-state index contributed by atoms with van der Waals surface area (Å²) in [5.74, 6) is 0. The summed E-state index contributed by atoms with van der Waals surface area (Å²) in [6, 6.07) is 0.570. The highest BCUT2D eigenvalue weighted by Crippen LogP contribution is 2.16. The van der Waals surface area contributed by atoms with Crippen LogP contribution in [-0.4, -0.2) is 35.7 Å². The monoisotopic (exact) mass is 240 g/mol. The molecule has 1 aliphatic heterocycles. The highest BCUT2D eigenvalue weighted by atomic mass is 32.1. The van der Waals surface area contributed by atoms with Crippen molar-refractivity contribution in [2.75, 3.05) is 19.8 Å². The van der Waals surface area contributed by atoms with Gasteiger partial charge in [-0.3, -0.25) is 4.90 Å². The maximum atomic E-state index is 5.51. The molecule has 1 saturated heterocycles. The van der Waals surface area contributed by atoms with Gasteiger partial charge in [-0.25, -0.2) is 4.98 Å². The standard InChI is InChI=1S/C12H20N2OS/c1-3-11-8-15-6-5-14(11)7-10-9-16-12(4-2)13-10/h9,11H,3-8H2,1-2H3/t11-/m0/s1. The van der Waals surface area contributed by atoms with Gasteiger partial charge in [0, 0.05) is 24.5 Å². The molecule has 1 fully saturated rings. The van der Waals surface area contributed by atoms with E-state index in [9.17, 15) is 0 Å². The molecule has 1 aromatic heterocycles. The number of ether oxygens (including phenoxy) is 1. The minimum absolute atomic E-state index is 0.570. The van der Waals surface area contributed by atoms with Crippen LogP contribution < -0.4 is 0 Å². The van der Waals surface area contributed by atoms with Crippen molar-refractivity contribution in [1.82, 2.24) is 9.88 Å². The van der Waals surface area contributed by atoms with Crippen LogP contribution in [0.1, 0.15) is 31.0 Å². The van der Waals surface area contributed by atoms with E-state index in [2.05, 4.69) is 29.1 Å². The summed E-state index contributed by atoms with van der Waals surface area (Å²) in [5.41, 5.74) is 1.22. The Bertz CT molecular complexity index is 327. The second kappa shape index (κ2) is 5.75. The second-order valence-corrected chi connectivity index (χ2v) is 5.14. The van der Waals surface area contributed by atoms with Gasteiger partial charge in [0.2, 0.25) is 0 Å². The summed E-state index contributed by atoms with van der Waals surface area (Å²) >= 11 is 1.78. The average molecular weight is 240 g/mol. The van der Waals surface area contributed by atoms with Crippen LogP contribution in [-0.2, 0) is 17.7 Å². The Morgan fingerprint density at radius 1 is 1.56 bits per heavy atom. The van der Waals surface area contributed by atoms with Crippen LogP contribution in [0.25, 0.3) is 0 Å². The maximum Gasteiger partial charge on any atom is 0.0926 e. The van der Waals surface area contributed by atoms with E-state index >= 15 is 0 Å². The average Bonchev–Trinajstić information content (AvgIpc) is 2.77. The number of rotatable bonds is 4. The van der Waals surface area contributed by atoms with E-state index in [4.69, 9.17) is 4.74 Å². The van der Waals surface area contributed by atoms with Crippen molar-refractivity contribution in [2.45, 2.75) is 39.3 Å². The Balaban J connectivity index is 1.96. The minimum Gasteiger partial charge on any atom is -0.378 e. The van der Waals surface area contributed by atoms with E-state index in [-0.39, 0.29) is 0 Å². The lowest BCUT2D eigenvalue weighted by Crippen LogP contribution is -2.44. The lowest BCUT2D eigenvalue weighted by atomic mass is 10.1. The van der Waals surface area contributed by atoms with E-state index < -0.39 is 0 Å². The van der Waals surface area contributed by atoms with Crippen LogP contribution in [0.2, 0.25) is 0 Å². The Morgan fingerprint density at radius 3 is 3.12 bits per heavy atom. The molecule has 1 aromatic rings. The maximum absolute atomic E-state index is 5.51. The zero-order chi connectivity index (χ0) is 11.4. The molecule has 0 N–H and O–H groups in total. The normalized spacial score (nSPS) is 22.5. The predicted octanol–water partition coefficient (Wildman–Crippen LogP) is 2.32. The molecular weight excluding hydrogens is 220 g/mol. The van der Waals surface area contributed by atoms with Gasteiger partial charge in [0.1, 0.15) is 0 Å². The molecule has 4 heteroatoms. The Morgan fingerprint density at radius 2 is 2.44 bits per heavy atom. The molecule has 0 aliphatic carbocycles. The van der Waals surface area contributed by atoms with E-state index in [0.29, 0.717) is 6.04 Å². The molecular formula is C12H20N2OS.